The van der Waals surface area contributed by atoms with Crippen molar-refractivity contribution in [1.82, 2.24) is 5.32 Å². The van der Waals surface area contributed by atoms with Crippen molar-refractivity contribution in [1.29, 1.82) is 0 Å². The van der Waals surface area contributed by atoms with E-state index in [9.17, 15) is 13.2 Å². The van der Waals surface area contributed by atoms with Gasteiger partial charge in [-0.1, -0.05) is 11.6 Å². The zero-order valence-electron chi connectivity index (χ0n) is 14.4. The molecule has 2 aromatic carbocycles. The highest BCUT2D eigenvalue weighted by Gasteiger charge is 2.33. The molecular formula is C18H18ClF3N2OS2. The smallest absolute Gasteiger partial charge is 0.417 e. The zero-order chi connectivity index (χ0) is 19.9. The zero-order valence-corrected chi connectivity index (χ0v) is 16.8. The Labute approximate surface area is 170 Å². The van der Waals surface area contributed by atoms with Crippen LogP contribution in [0, 0.1) is 0 Å². The molecule has 0 bridgehead atoms. The summed E-state index contributed by atoms with van der Waals surface area (Å²) >= 11 is 12.4. The van der Waals surface area contributed by atoms with Crippen LogP contribution in [0.3, 0.4) is 0 Å². The Morgan fingerprint density at radius 1 is 1.19 bits per heavy atom. The van der Waals surface area contributed by atoms with Gasteiger partial charge in [-0.15, -0.1) is 11.8 Å². The first-order valence-electron chi connectivity index (χ1n) is 7.98. The maximum atomic E-state index is 12.9. The molecule has 2 rings (SSSR count). The van der Waals surface area contributed by atoms with Crippen LogP contribution in [0.5, 0.6) is 5.75 Å². The van der Waals surface area contributed by atoms with Crippen LogP contribution in [0.2, 0.25) is 5.02 Å². The van der Waals surface area contributed by atoms with E-state index < -0.39 is 11.7 Å². The fraction of sp³-hybridized carbons (Fsp3) is 0.278. The van der Waals surface area contributed by atoms with Gasteiger partial charge in [0.1, 0.15) is 5.75 Å². The largest absolute Gasteiger partial charge is 0.497 e. The van der Waals surface area contributed by atoms with Gasteiger partial charge < -0.3 is 15.4 Å². The third-order valence-corrected chi connectivity index (χ3v) is 5.14. The van der Waals surface area contributed by atoms with E-state index in [1.807, 2.05) is 24.3 Å². The molecule has 0 unspecified atom stereocenters. The number of methoxy groups -OCH3 is 1. The second-order valence-electron chi connectivity index (χ2n) is 5.45. The van der Waals surface area contributed by atoms with Crippen molar-refractivity contribution in [2.24, 2.45) is 0 Å². The maximum absolute atomic E-state index is 12.9. The van der Waals surface area contributed by atoms with E-state index in [0.29, 0.717) is 6.54 Å². The Kier molecular flexibility index (Phi) is 8.07. The van der Waals surface area contributed by atoms with Gasteiger partial charge >= 0.3 is 6.18 Å². The summed E-state index contributed by atoms with van der Waals surface area (Å²) in [5.41, 5.74) is -0.662. The lowest BCUT2D eigenvalue weighted by molar-refractivity contribution is -0.137. The number of anilines is 1. The maximum Gasteiger partial charge on any atom is 0.417 e. The molecule has 0 aliphatic carbocycles. The number of thiocarbonyl (C=S) groups is 1. The molecule has 27 heavy (non-hydrogen) atoms. The Bertz CT molecular complexity index is 770. The molecule has 0 saturated heterocycles. The number of rotatable bonds is 7. The number of nitrogens with one attached hydrogen (secondary N) is 2. The summed E-state index contributed by atoms with van der Waals surface area (Å²) in [6.45, 7) is 0.606. The van der Waals surface area contributed by atoms with Gasteiger partial charge in [0, 0.05) is 17.1 Å². The number of benzene rings is 2. The topological polar surface area (TPSA) is 33.3 Å². The average Bonchev–Trinajstić information content (AvgIpc) is 2.62. The van der Waals surface area contributed by atoms with E-state index in [1.165, 1.54) is 12.1 Å². The lowest BCUT2D eigenvalue weighted by Gasteiger charge is -2.14. The van der Waals surface area contributed by atoms with Crippen LogP contribution in [0.1, 0.15) is 12.0 Å². The predicted octanol–water partition coefficient (Wildman–Crippen LogP) is 5.84. The molecule has 0 aromatic heterocycles. The first-order chi connectivity index (χ1) is 12.8. The summed E-state index contributed by atoms with van der Waals surface area (Å²) in [7, 11) is 1.62. The Morgan fingerprint density at radius 3 is 2.52 bits per heavy atom. The van der Waals surface area contributed by atoms with E-state index >= 15 is 0 Å². The van der Waals surface area contributed by atoms with Crippen LogP contribution in [-0.4, -0.2) is 24.5 Å². The molecule has 0 heterocycles. The van der Waals surface area contributed by atoms with E-state index in [2.05, 4.69) is 10.6 Å². The second-order valence-corrected chi connectivity index (χ2v) is 7.43. The predicted molar refractivity (Wildman–Crippen MR) is 109 cm³/mol. The third kappa shape index (κ3) is 7.12. The second kappa shape index (κ2) is 10.1. The standard InChI is InChI=1S/C18H18ClF3N2OS2/c1-25-13-4-6-14(7-5-13)27-10-2-9-23-17(26)24-12-3-8-16(19)15(11-12)18(20,21)22/h3-8,11H,2,9-10H2,1H3,(H2,23,24,26). The van der Waals surface area contributed by atoms with E-state index in [0.717, 1.165) is 28.9 Å². The first-order valence-corrected chi connectivity index (χ1v) is 9.75. The van der Waals surface area contributed by atoms with Gasteiger partial charge in [-0.2, -0.15) is 13.2 Å². The monoisotopic (exact) mass is 434 g/mol. The number of ether oxygens (including phenoxy) is 1. The SMILES string of the molecule is COc1ccc(SCCCNC(=S)Nc2ccc(Cl)c(C(F)(F)F)c2)cc1. The van der Waals surface area contributed by atoms with Crippen molar-refractivity contribution in [2.75, 3.05) is 24.7 Å². The number of alkyl halides is 3. The molecule has 0 atom stereocenters. The lowest BCUT2D eigenvalue weighted by atomic mass is 10.2. The number of hydrogen-bond acceptors (Lipinski definition) is 3. The summed E-state index contributed by atoms with van der Waals surface area (Å²) in [6.07, 6.45) is -3.67. The van der Waals surface area contributed by atoms with Crippen LogP contribution >= 0.6 is 35.6 Å². The van der Waals surface area contributed by atoms with Crippen molar-refractivity contribution < 1.29 is 17.9 Å². The molecule has 0 radical (unpaired) electrons. The first kappa shape index (κ1) is 21.7. The third-order valence-electron chi connectivity index (χ3n) is 3.46. The highest BCUT2D eigenvalue weighted by Crippen LogP contribution is 2.36. The molecule has 0 spiro atoms. The Hall–Kier alpha value is -1.64. The average molecular weight is 435 g/mol. The van der Waals surface area contributed by atoms with E-state index in [4.69, 9.17) is 28.6 Å². The summed E-state index contributed by atoms with van der Waals surface area (Å²) in [6, 6.07) is 11.4. The summed E-state index contributed by atoms with van der Waals surface area (Å²) in [4.78, 5) is 1.14. The number of halogens is 4. The van der Waals surface area contributed by atoms with E-state index in [1.54, 1.807) is 18.9 Å². The minimum atomic E-state index is -4.51. The quantitative estimate of drug-likeness (QED) is 0.325. The van der Waals surface area contributed by atoms with Gasteiger partial charge in [-0.25, -0.2) is 0 Å². The molecule has 146 valence electrons. The van der Waals surface area contributed by atoms with Crippen molar-refractivity contribution in [3.63, 3.8) is 0 Å². The number of hydrogen-bond donors (Lipinski definition) is 2. The van der Waals surface area contributed by atoms with Crippen LogP contribution < -0.4 is 15.4 Å². The van der Waals surface area contributed by atoms with Gasteiger partial charge in [0.25, 0.3) is 0 Å². The van der Waals surface area contributed by atoms with Gasteiger partial charge in [0.05, 0.1) is 17.7 Å². The van der Waals surface area contributed by atoms with Crippen LogP contribution in [-0.2, 0) is 6.18 Å². The van der Waals surface area contributed by atoms with Crippen molar-refractivity contribution >= 4 is 46.4 Å². The van der Waals surface area contributed by atoms with Gasteiger partial charge in [0.2, 0.25) is 0 Å². The molecule has 0 aliphatic rings. The molecule has 3 nitrogen and oxygen atoms in total. The minimum absolute atomic E-state index is 0.233. The summed E-state index contributed by atoms with van der Waals surface area (Å²) < 4.78 is 43.7. The van der Waals surface area contributed by atoms with Gasteiger partial charge in [0.15, 0.2) is 5.11 Å². The van der Waals surface area contributed by atoms with Gasteiger partial charge in [-0.05, 0) is 66.9 Å². The molecule has 9 heteroatoms. The highest BCUT2D eigenvalue weighted by molar-refractivity contribution is 7.99. The van der Waals surface area contributed by atoms with Crippen molar-refractivity contribution in [3.8, 4) is 5.75 Å². The fourth-order valence-electron chi connectivity index (χ4n) is 2.13. The van der Waals surface area contributed by atoms with Crippen molar-refractivity contribution in [2.45, 2.75) is 17.5 Å². The summed E-state index contributed by atoms with van der Waals surface area (Å²) in [5, 5.41) is 5.64. The minimum Gasteiger partial charge on any atom is -0.497 e. The van der Waals surface area contributed by atoms with E-state index in [-0.39, 0.29) is 15.8 Å². The summed E-state index contributed by atoms with van der Waals surface area (Å²) in [5.74, 6) is 1.69. The molecule has 0 saturated carbocycles. The Balaban J connectivity index is 1.73. The number of thioether (sulfide) groups is 1. The Morgan fingerprint density at radius 2 is 1.89 bits per heavy atom. The molecule has 2 N–H and O–H groups in total. The van der Waals surface area contributed by atoms with Crippen LogP contribution in [0.4, 0.5) is 18.9 Å². The highest BCUT2D eigenvalue weighted by atomic mass is 35.5. The fourth-order valence-corrected chi connectivity index (χ4v) is 3.43. The van der Waals surface area contributed by atoms with Crippen LogP contribution in [0.25, 0.3) is 0 Å². The molecule has 0 amide bonds. The molecule has 0 aliphatic heterocycles. The molecular weight excluding hydrogens is 417 g/mol. The van der Waals surface area contributed by atoms with Gasteiger partial charge in [-0.3, -0.25) is 0 Å². The normalized spacial score (nSPS) is 11.1. The molecule has 2 aromatic rings. The lowest BCUT2D eigenvalue weighted by Crippen LogP contribution is -2.29. The molecule has 0 fully saturated rings. The van der Waals surface area contributed by atoms with Crippen molar-refractivity contribution in [3.05, 3.63) is 53.1 Å². The van der Waals surface area contributed by atoms with Crippen LogP contribution in [0.15, 0.2) is 47.4 Å².